The number of hydrogen-bond donors (Lipinski definition) is 8. The van der Waals surface area contributed by atoms with E-state index in [-0.39, 0.29) is 42.6 Å². The highest BCUT2D eigenvalue weighted by molar-refractivity contribution is 5.97. The average molecular weight is 735 g/mol. The number of carbonyl (C=O) groups is 6. The van der Waals surface area contributed by atoms with Crippen molar-refractivity contribution in [3.05, 3.63) is 95.1 Å². The van der Waals surface area contributed by atoms with E-state index < -0.39 is 41.7 Å². The molecule has 5 amide bonds. The molecule has 0 fully saturated rings. The maximum Gasteiger partial charge on any atom is 0.335 e. The molecule has 14 nitrogen and oxygen atoms in total. The monoisotopic (exact) mass is 734 g/mol. The van der Waals surface area contributed by atoms with Gasteiger partial charge in [0.15, 0.2) is 0 Å². The minimum atomic E-state index is -1.12. The second-order valence-electron chi connectivity index (χ2n) is 13.1. The number of aromatic carboxylic acids is 1. The van der Waals surface area contributed by atoms with E-state index in [1.165, 1.54) is 25.2 Å². The molecule has 2 unspecified atom stereocenters. The molecular formula is C39H54N6O8. The van der Waals surface area contributed by atoms with Gasteiger partial charge in [0.05, 0.1) is 24.2 Å². The average Bonchev–Trinajstić information content (AvgIpc) is 3.10. The van der Waals surface area contributed by atoms with E-state index in [0.29, 0.717) is 23.2 Å². The molecule has 0 bridgehead atoms. The second kappa shape index (κ2) is 23.7. The van der Waals surface area contributed by atoms with Gasteiger partial charge in [0.25, 0.3) is 5.91 Å². The molecule has 3 aromatic rings. The van der Waals surface area contributed by atoms with Crippen LogP contribution in [0.25, 0.3) is 0 Å². The largest absolute Gasteiger partial charge is 0.507 e. The number of amides is 5. The number of phenolic OH excluding ortho intramolecular Hbond substituents is 1. The molecule has 2 atom stereocenters. The Hall–Kier alpha value is -5.76. The second-order valence-corrected chi connectivity index (χ2v) is 13.1. The van der Waals surface area contributed by atoms with E-state index in [2.05, 4.69) is 47.4 Å². The molecule has 0 saturated carbocycles. The number of carbonyl (C=O) groups excluding carboxylic acids is 5. The first-order valence-corrected chi connectivity index (χ1v) is 17.2. The Morgan fingerprint density at radius 1 is 0.792 bits per heavy atom. The van der Waals surface area contributed by atoms with Crippen LogP contribution in [0.4, 0.5) is 5.69 Å². The van der Waals surface area contributed by atoms with Crippen LogP contribution >= 0.6 is 0 Å². The van der Waals surface area contributed by atoms with Crippen molar-refractivity contribution in [1.29, 1.82) is 0 Å². The van der Waals surface area contributed by atoms with Crippen LogP contribution in [-0.4, -0.2) is 77.9 Å². The van der Waals surface area contributed by atoms with Gasteiger partial charge < -0.3 is 42.5 Å². The molecule has 0 aromatic heterocycles. The molecule has 3 rings (SSSR count). The van der Waals surface area contributed by atoms with E-state index in [1.807, 2.05) is 30.3 Å². The van der Waals surface area contributed by atoms with Gasteiger partial charge in [-0.2, -0.15) is 0 Å². The zero-order chi connectivity index (χ0) is 40.1. The summed E-state index contributed by atoms with van der Waals surface area (Å²) in [7, 11) is 1.53. The SMILES string of the molecule is CC(C)C.CC(C)C(NC(=O)CN)C(=O)NCC(=O)NC(CC(=O)Nc1cccc(C(=O)O)c1)Cc1ccccc1.CNC(=O)c1cccc(C)c1O. The number of anilines is 1. The summed E-state index contributed by atoms with van der Waals surface area (Å²) in [5, 5.41) is 31.5. The standard InChI is InChI=1S/C26H33N5O6.C9H11NO2.C4H10/c1-16(2)24(31-22(33)14-27)25(35)28-15-23(34)30-20(11-17-7-4-3-5-8-17)13-21(32)29-19-10-6-9-18(12-19)26(36)37;1-6-4-3-5-7(8(6)11)9(12)10-2;1-4(2)3/h3-10,12,16,20,24H,11,13-15,27H2,1-2H3,(H,28,35)(H,29,32)(H,30,34)(H,31,33)(H,36,37);3-5,11H,1-2H3,(H,10,12);4H,1-3H3. The summed E-state index contributed by atoms with van der Waals surface area (Å²) in [6, 6.07) is 18.7. The predicted molar refractivity (Wildman–Crippen MR) is 204 cm³/mol. The van der Waals surface area contributed by atoms with Crippen molar-refractivity contribution < 1.29 is 39.0 Å². The molecule has 0 spiro atoms. The van der Waals surface area contributed by atoms with Gasteiger partial charge in [0.1, 0.15) is 11.8 Å². The fourth-order valence-corrected chi connectivity index (χ4v) is 4.54. The third-order valence-corrected chi connectivity index (χ3v) is 7.10. The molecule has 0 aliphatic rings. The maximum atomic E-state index is 12.7. The quantitative estimate of drug-likeness (QED) is 0.121. The summed E-state index contributed by atoms with van der Waals surface area (Å²) in [5.74, 6) is -2.67. The van der Waals surface area contributed by atoms with Crippen molar-refractivity contribution in [3.63, 3.8) is 0 Å². The molecule has 0 aliphatic carbocycles. The lowest BCUT2D eigenvalue weighted by molar-refractivity contribution is -0.131. The van der Waals surface area contributed by atoms with E-state index in [9.17, 15) is 33.9 Å². The van der Waals surface area contributed by atoms with Gasteiger partial charge in [-0.3, -0.25) is 24.0 Å². The van der Waals surface area contributed by atoms with Gasteiger partial charge in [0, 0.05) is 25.2 Å². The van der Waals surface area contributed by atoms with Crippen molar-refractivity contribution in [2.24, 2.45) is 17.6 Å². The highest BCUT2D eigenvalue weighted by atomic mass is 16.4. The van der Waals surface area contributed by atoms with Crippen LogP contribution in [0, 0.1) is 18.8 Å². The topological polar surface area (TPSA) is 229 Å². The Bertz CT molecular complexity index is 1660. The van der Waals surface area contributed by atoms with Crippen LogP contribution in [-0.2, 0) is 25.6 Å². The van der Waals surface area contributed by atoms with E-state index >= 15 is 0 Å². The van der Waals surface area contributed by atoms with Gasteiger partial charge in [-0.1, -0.05) is 83.1 Å². The number of nitrogens with one attached hydrogen (secondary N) is 5. The first-order chi connectivity index (χ1) is 25.0. The van der Waals surface area contributed by atoms with Crippen LogP contribution in [0.15, 0.2) is 72.8 Å². The Labute approximate surface area is 311 Å². The Balaban J connectivity index is 0.000000723. The Kier molecular flexibility index (Phi) is 20.2. The Morgan fingerprint density at radius 2 is 1.42 bits per heavy atom. The number of rotatable bonds is 14. The van der Waals surface area contributed by atoms with E-state index in [4.69, 9.17) is 10.8 Å². The van der Waals surface area contributed by atoms with Crippen molar-refractivity contribution in [1.82, 2.24) is 21.3 Å². The lowest BCUT2D eigenvalue weighted by atomic mass is 10.0. The van der Waals surface area contributed by atoms with Crippen molar-refractivity contribution in [2.45, 2.75) is 66.5 Å². The normalized spacial score (nSPS) is 11.4. The predicted octanol–water partition coefficient (Wildman–Crippen LogP) is 3.38. The van der Waals surface area contributed by atoms with Crippen LogP contribution in [0.1, 0.15) is 72.9 Å². The van der Waals surface area contributed by atoms with Gasteiger partial charge in [-0.25, -0.2) is 4.79 Å². The fraction of sp³-hybridized carbons (Fsp3) is 0.385. The summed E-state index contributed by atoms with van der Waals surface area (Å²) >= 11 is 0. The fourth-order valence-electron chi connectivity index (χ4n) is 4.54. The smallest absolute Gasteiger partial charge is 0.335 e. The van der Waals surface area contributed by atoms with Gasteiger partial charge >= 0.3 is 5.97 Å². The van der Waals surface area contributed by atoms with Crippen molar-refractivity contribution in [2.75, 3.05) is 25.5 Å². The van der Waals surface area contributed by atoms with E-state index in [0.717, 1.165) is 11.5 Å². The molecule has 3 aromatic carbocycles. The lowest BCUT2D eigenvalue weighted by Crippen LogP contribution is -2.53. The van der Waals surface area contributed by atoms with Crippen LogP contribution in [0.3, 0.4) is 0 Å². The van der Waals surface area contributed by atoms with Crippen LogP contribution in [0.5, 0.6) is 5.75 Å². The van der Waals surface area contributed by atoms with Gasteiger partial charge in [-0.05, 0) is 60.6 Å². The number of carboxylic acid groups (broad SMARTS) is 1. The molecule has 53 heavy (non-hydrogen) atoms. The van der Waals surface area contributed by atoms with Crippen molar-refractivity contribution in [3.8, 4) is 5.75 Å². The first kappa shape index (κ1) is 45.3. The van der Waals surface area contributed by atoms with Crippen molar-refractivity contribution >= 4 is 41.2 Å². The summed E-state index contributed by atoms with van der Waals surface area (Å²) < 4.78 is 0. The molecule has 0 saturated heterocycles. The van der Waals surface area contributed by atoms with Crippen LogP contribution in [0.2, 0.25) is 0 Å². The summed E-state index contributed by atoms with van der Waals surface area (Å²) in [4.78, 5) is 71.8. The number of benzene rings is 3. The number of carboxylic acids is 1. The molecule has 14 heteroatoms. The number of aryl methyl sites for hydroxylation is 1. The lowest BCUT2D eigenvalue weighted by Gasteiger charge is -2.22. The molecular weight excluding hydrogens is 680 g/mol. The molecule has 9 N–H and O–H groups in total. The van der Waals surface area contributed by atoms with E-state index in [1.54, 1.807) is 45.0 Å². The third kappa shape index (κ3) is 17.8. The molecule has 0 heterocycles. The number of hydrogen-bond acceptors (Lipinski definition) is 8. The highest BCUT2D eigenvalue weighted by Crippen LogP contribution is 2.20. The molecule has 0 radical (unpaired) electrons. The number of aromatic hydroxyl groups is 1. The highest BCUT2D eigenvalue weighted by Gasteiger charge is 2.25. The minimum Gasteiger partial charge on any atom is -0.507 e. The zero-order valence-electron chi connectivity index (χ0n) is 31.5. The number of para-hydroxylation sites is 1. The number of nitrogens with two attached hydrogens (primary N) is 1. The first-order valence-electron chi connectivity index (χ1n) is 17.2. The van der Waals surface area contributed by atoms with Gasteiger partial charge in [-0.15, -0.1) is 0 Å². The minimum absolute atomic E-state index is 0.0324. The maximum absolute atomic E-state index is 12.7. The zero-order valence-corrected chi connectivity index (χ0v) is 31.5. The molecule has 0 aliphatic heterocycles. The Morgan fingerprint density at radius 3 is 1.98 bits per heavy atom. The third-order valence-electron chi connectivity index (χ3n) is 7.10. The number of phenols is 1. The summed E-state index contributed by atoms with van der Waals surface area (Å²) in [5.41, 5.74) is 7.57. The molecule has 288 valence electrons. The summed E-state index contributed by atoms with van der Waals surface area (Å²) in [6.45, 7) is 11.1. The summed E-state index contributed by atoms with van der Waals surface area (Å²) in [6.07, 6.45) is 0.261. The van der Waals surface area contributed by atoms with Gasteiger partial charge in [0.2, 0.25) is 23.6 Å². The van der Waals surface area contributed by atoms with Crippen LogP contribution < -0.4 is 32.3 Å².